The second kappa shape index (κ2) is 8.81. The summed E-state index contributed by atoms with van der Waals surface area (Å²) in [5.74, 6) is 0.386. The highest BCUT2D eigenvalue weighted by molar-refractivity contribution is 7.93. The van der Waals surface area contributed by atoms with Crippen LogP contribution in [0, 0.1) is 6.92 Å². The van der Waals surface area contributed by atoms with Crippen molar-refractivity contribution in [2.75, 3.05) is 21.9 Å². The van der Waals surface area contributed by atoms with Crippen LogP contribution in [-0.4, -0.2) is 26.6 Å². The lowest BCUT2D eigenvalue weighted by molar-refractivity contribution is 0.102. The average Bonchev–Trinajstić information content (AvgIpc) is 3.13. The first-order valence-corrected chi connectivity index (χ1v) is 11.7. The molecule has 0 bridgehead atoms. The molecule has 0 aromatic heterocycles. The van der Waals surface area contributed by atoms with Gasteiger partial charge in [-0.05, 0) is 54.8 Å². The first-order chi connectivity index (χ1) is 14.9. The number of nitrogens with one attached hydrogen (secondary N) is 1. The summed E-state index contributed by atoms with van der Waals surface area (Å²) >= 11 is 0. The zero-order valence-electron chi connectivity index (χ0n) is 17.2. The van der Waals surface area contributed by atoms with E-state index in [1.165, 1.54) is 4.31 Å². The van der Waals surface area contributed by atoms with Crippen molar-refractivity contribution < 1.29 is 17.9 Å². The number of sulfonamides is 1. The third kappa shape index (κ3) is 4.88. The minimum absolute atomic E-state index is 0.134. The normalized spacial score (nSPS) is 14.9. The minimum atomic E-state index is -3.31. The van der Waals surface area contributed by atoms with Crippen LogP contribution in [0.15, 0.2) is 72.8 Å². The van der Waals surface area contributed by atoms with Gasteiger partial charge in [0, 0.05) is 12.1 Å². The van der Waals surface area contributed by atoms with Crippen molar-refractivity contribution in [1.29, 1.82) is 0 Å². The molecule has 4 rings (SSSR count). The number of benzene rings is 3. The summed E-state index contributed by atoms with van der Waals surface area (Å²) in [5.41, 5.74) is 3.50. The fourth-order valence-corrected chi connectivity index (χ4v) is 5.07. The maximum atomic E-state index is 12.9. The molecule has 1 aliphatic rings. The molecule has 0 saturated carbocycles. The molecular weight excluding hydrogens is 412 g/mol. The van der Waals surface area contributed by atoms with Gasteiger partial charge in [-0.1, -0.05) is 42.5 Å². The third-order valence-electron chi connectivity index (χ3n) is 5.12. The smallest absolute Gasteiger partial charge is 0.255 e. The second-order valence-electron chi connectivity index (χ2n) is 7.52. The number of hydrogen-bond acceptors (Lipinski definition) is 4. The Morgan fingerprint density at radius 1 is 1.03 bits per heavy atom. The lowest BCUT2D eigenvalue weighted by Gasteiger charge is -2.18. The topological polar surface area (TPSA) is 75.7 Å². The van der Waals surface area contributed by atoms with Crippen molar-refractivity contribution in [3.05, 3.63) is 89.5 Å². The molecule has 3 aromatic carbocycles. The number of anilines is 2. The highest BCUT2D eigenvalue weighted by Crippen LogP contribution is 2.29. The number of rotatable bonds is 6. The number of hydrogen-bond donors (Lipinski definition) is 1. The van der Waals surface area contributed by atoms with Crippen molar-refractivity contribution in [3.63, 3.8) is 0 Å². The van der Waals surface area contributed by atoms with Gasteiger partial charge < -0.3 is 10.1 Å². The first kappa shape index (κ1) is 20.9. The van der Waals surface area contributed by atoms with Gasteiger partial charge in [-0.15, -0.1) is 0 Å². The summed E-state index contributed by atoms with van der Waals surface area (Å²) in [6, 6.07) is 22.1. The van der Waals surface area contributed by atoms with Crippen molar-refractivity contribution >= 4 is 27.3 Å². The first-order valence-electron chi connectivity index (χ1n) is 10.1. The molecule has 3 aromatic rings. The quantitative estimate of drug-likeness (QED) is 0.623. The molecule has 1 saturated heterocycles. The van der Waals surface area contributed by atoms with Gasteiger partial charge in [0.15, 0.2) is 0 Å². The fourth-order valence-electron chi connectivity index (χ4n) is 3.51. The summed E-state index contributed by atoms with van der Waals surface area (Å²) < 4.78 is 31.8. The molecule has 0 unspecified atom stereocenters. The van der Waals surface area contributed by atoms with Crippen molar-refractivity contribution in [1.82, 2.24) is 0 Å². The van der Waals surface area contributed by atoms with E-state index in [0.717, 1.165) is 11.1 Å². The monoisotopic (exact) mass is 436 g/mol. The fraction of sp³-hybridized carbons (Fsp3) is 0.208. The van der Waals surface area contributed by atoms with Crippen LogP contribution in [0.3, 0.4) is 0 Å². The largest absolute Gasteiger partial charge is 0.487 e. The zero-order chi connectivity index (χ0) is 21.8. The van der Waals surface area contributed by atoms with Gasteiger partial charge in [-0.25, -0.2) is 8.42 Å². The number of ether oxygens (including phenoxy) is 1. The van der Waals surface area contributed by atoms with Gasteiger partial charge in [0.25, 0.3) is 5.91 Å². The minimum Gasteiger partial charge on any atom is -0.487 e. The molecule has 0 spiro atoms. The highest BCUT2D eigenvalue weighted by Gasteiger charge is 2.28. The molecule has 1 N–H and O–H groups in total. The summed E-state index contributed by atoms with van der Waals surface area (Å²) in [5, 5.41) is 2.90. The van der Waals surface area contributed by atoms with Gasteiger partial charge in [0.2, 0.25) is 10.0 Å². The van der Waals surface area contributed by atoms with Crippen LogP contribution in [0.25, 0.3) is 0 Å². The van der Waals surface area contributed by atoms with E-state index in [2.05, 4.69) is 5.32 Å². The predicted molar refractivity (Wildman–Crippen MR) is 122 cm³/mol. The van der Waals surface area contributed by atoms with E-state index in [1.807, 2.05) is 55.5 Å². The molecule has 1 amide bonds. The summed E-state index contributed by atoms with van der Waals surface area (Å²) in [7, 11) is -3.31. The Balaban J connectivity index is 1.53. The molecular formula is C24H24N2O4S. The zero-order valence-corrected chi connectivity index (χ0v) is 18.1. The van der Waals surface area contributed by atoms with Gasteiger partial charge in [0.05, 0.1) is 17.1 Å². The SMILES string of the molecule is Cc1ccc(NC(=O)c2cccc(N3CCCS3(=O)=O)c2)c(OCc2ccccc2)c1. The van der Waals surface area contributed by atoms with Crippen molar-refractivity contribution in [2.45, 2.75) is 20.0 Å². The standard InChI is InChI=1S/C24H24N2O4S/c1-18-11-12-22(23(15-18)30-17-19-7-3-2-4-8-19)25-24(27)20-9-5-10-21(16-20)26-13-6-14-31(26,28)29/h2-5,7-12,15-16H,6,13-14,17H2,1H3,(H,25,27). The van der Waals surface area contributed by atoms with Crippen molar-refractivity contribution in [3.8, 4) is 5.75 Å². The lowest BCUT2D eigenvalue weighted by atomic mass is 10.1. The number of carbonyl (C=O) groups excluding carboxylic acids is 1. The van der Waals surface area contributed by atoms with Crippen LogP contribution in [0.2, 0.25) is 0 Å². The average molecular weight is 437 g/mol. The van der Waals surface area contributed by atoms with Gasteiger partial charge >= 0.3 is 0 Å². The summed E-state index contributed by atoms with van der Waals surface area (Å²) in [4.78, 5) is 12.9. The third-order valence-corrected chi connectivity index (χ3v) is 6.99. The maximum Gasteiger partial charge on any atom is 0.255 e. The Morgan fingerprint density at radius 2 is 1.84 bits per heavy atom. The number of carbonyl (C=O) groups is 1. The van der Waals surface area contributed by atoms with Crippen molar-refractivity contribution in [2.24, 2.45) is 0 Å². The molecule has 160 valence electrons. The molecule has 0 radical (unpaired) electrons. The van der Waals surface area contributed by atoms with Crippen LogP contribution in [-0.2, 0) is 16.6 Å². The lowest BCUT2D eigenvalue weighted by Crippen LogP contribution is -2.25. The number of nitrogens with zero attached hydrogens (tertiary/aromatic N) is 1. The molecule has 1 aliphatic heterocycles. The van der Waals surface area contributed by atoms with Crippen LogP contribution in [0.4, 0.5) is 11.4 Å². The van der Waals surface area contributed by atoms with Crippen LogP contribution < -0.4 is 14.4 Å². The van der Waals surface area contributed by atoms with E-state index >= 15 is 0 Å². The van der Waals surface area contributed by atoms with E-state index < -0.39 is 10.0 Å². The van der Waals surface area contributed by atoms with Crippen LogP contribution in [0.5, 0.6) is 5.75 Å². The van der Waals surface area contributed by atoms with E-state index in [0.29, 0.717) is 42.3 Å². The highest BCUT2D eigenvalue weighted by atomic mass is 32.2. The molecule has 0 atom stereocenters. The second-order valence-corrected chi connectivity index (χ2v) is 9.53. The molecule has 0 aliphatic carbocycles. The van der Waals surface area contributed by atoms with E-state index in [4.69, 9.17) is 4.74 Å². The Morgan fingerprint density at radius 3 is 2.58 bits per heavy atom. The van der Waals surface area contributed by atoms with Crippen LogP contribution >= 0.6 is 0 Å². The number of aryl methyl sites for hydroxylation is 1. The van der Waals surface area contributed by atoms with Gasteiger partial charge in [-0.3, -0.25) is 9.10 Å². The van der Waals surface area contributed by atoms with Gasteiger partial charge in [-0.2, -0.15) is 0 Å². The van der Waals surface area contributed by atoms with E-state index in [-0.39, 0.29) is 11.7 Å². The Bertz CT molecular complexity index is 1190. The summed E-state index contributed by atoms with van der Waals surface area (Å²) in [6.07, 6.45) is 0.588. The number of amides is 1. The summed E-state index contributed by atoms with van der Waals surface area (Å²) in [6.45, 7) is 2.78. The molecule has 1 heterocycles. The Hall–Kier alpha value is -3.32. The molecule has 6 nitrogen and oxygen atoms in total. The maximum absolute atomic E-state index is 12.9. The molecule has 7 heteroatoms. The Kier molecular flexibility index (Phi) is 5.95. The van der Waals surface area contributed by atoms with Gasteiger partial charge in [0.1, 0.15) is 12.4 Å². The van der Waals surface area contributed by atoms with E-state index in [9.17, 15) is 13.2 Å². The predicted octanol–water partition coefficient (Wildman–Crippen LogP) is 4.37. The molecule has 31 heavy (non-hydrogen) atoms. The Labute approximate surface area is 182 Å². The molecule has 1 fully saturated rings. The van der Waals surface area contributed by atoms with E-state index in [1.54, 1.807) is 24.3 Å². The van der Waals surface area contributed by atoms with Crippen LogP contribution in [0.1, 0.15) is 27.9 Å².